The molecule has 1 aromatic heterocycles. The highest BCUT2D eigenvalue weighted by Crippen LogP contribution is 2.27. The molecule has 16 heavy (non-hydrogen) atoms. The standard InChI is InChI=1S/C10H11BN2O3/c1-7-2-4-8(5-3-7)10-9(6-12-13-10)16-11(14)15/h2-6,14-15H,1H3,(H,12,13). The minimum absolute atomic E-state index is 0.304. The highest BCUT2D eigenvalue weighted by Gasteiger charge is 2.16. The second-order valence-corrected chi connectivity index (χ2v) is 3.41. The number of aromatic nitrogens is 2. The van der Waals surface area contributed by atoms with Gasteiger partial charge >= 0.3 is 7.32 Å². The van der Waals surface area contributed by atoms with Crippen LogP contribution in [0.1, 0.15) is 5.56 Å². The Morgan fingerprint density at radius 3 is 2.56 bits per heavy atom. The maximum absolute atomic E-state index is 8.73. The Balaban J connectivity index is 2.33. The second kappa shape index (κ2) is 4.38. The summed E-state index contributed by atoms with van der Waals surface area (Å²) in [6, 6.07) is 7.68. The van der Waals surface area contributed by atoms with E-state index in [1.54, 1.807) is 0 Å². The molecule has 0 saturated carbocycles. The van der Waals surface area contributed by atoms with Gasteiger partial charge in [-0.2, -0.15) is 5.10 Å². The minimum atomic E-state index is -1.85. The highest BCUT2D eigenvalue weighted by atomic mass is 16.6. The number of hydrogen-bond donors (Lipinski definition) is 3. The number of nitrogens with one attached hydrogen (secondary N) is 1. The van der Waals surface area contributed by atoms with Crippen LogP contribution in [-0.2, 0) is 0 Å². The molecule has 0 spiro atoms. The van der Waals surface area contributed by atoms with Crippen molar-refractivity contribution in [1.29, 1.82) is 0 Å². The summed E-state index contributed by atoms with van der Waals surface area (Å²) in [6.07, 6.45) is 1.47. The molecular formula is C10H11BN2O3. The van der Waals surface area contributed by atoms with Gasteiger partial charge in [0.25, 0.3) is 0 Å². The smallest absolute Gasteiger partial charge is 0.509 e. The summed E-state index contributed by atoms with van der Waals surface area (Å²) >= 11 is 0. The fourth-order valence-electron chi connectivity index (χ4n) is 1.40. The van der Waals surface area contributed by atoms with Gasteiger partial charge in [0.05, 0.1) is 6.20 Å². The van der Waals surface area contributed by atoms with Gasteiger partial charge in [0, 0.05) is 5.56 Å². The monoisotopic (exact) mass is 218 g/mol. The van der Waals surface area contributed by atoms with Crippen molar-refractivity contribution in [2.75, 3.05) is 0 Å². The van der Waals surface area contributed by atoms with Crippen molar-refractivity contribution in [2.24, 2.45) is 0 Å². The van der Waals surface area contributed by atoms with Crippen LogP contribution >= 0.6 is 0 Å². The van der Waals surface area contributed by atoms with Crippen LogP contribution < -0.4 is 4.65 Å². The van der Waals surface area contributed by atoms with E-state index in [2.05, 4.69) is 10.2 Å². The molecule has 0 amide bonds. The lowest BCUT2D eigenvalue weighted by Crippen LogP contribution is -2.20. The average molecular weight is 218 g/mol. The molecular weight excluding hydrogens is 207 g/mol. The van der Waals surface area contributed by atoms with Gasteiger partial charge in [0.15, 0.2) is 0 Å². The van der Waals surface area contributed by atoms with E-state index in [1.165, 1.54) is 6.20 Å². The Hall–Kier alpha value is -1.79. The Morgan fingerprint density at radius 1 is 1.25 bits per heavy atom. The van der Waals surface area contributed by atoms with Gasteiger partial charge in [-0.3, -0.25) is 5.10 Å². The molecule has 2 aromatic rings. The predicted octanol–water partition coefficient (Wildman–Crippen LogP) is 0.733. The fourth-order valence-corrected chi connectivity index (χ4v) is 1.40. The van der Waals surface area contributed by atoms with E-state index < -0.39 is 7.32 Å². The molecule has 3 N–H and O–H groups in total. The van der Waals surface area contributed by atoms with E-state index in [-0.39, 0.29) is 0 Å². The Morgan fingerprint density at radius 2 is 1.94 bits per heavy atom. The zero-order chi connectivity index (χ0) is 11.5. The van der Waals surface area contributed by atoms with Crippen molar-refractivity contribution in [3.63, 3.8) is 0 Å². The number of rotatable bonds is 3. The molecule has 0 bridgehead atoms. The Bertz CT molecular complexity index is 467. The van der Waals surface area contributed by atoms with Crippen molar-refractivity contribution < 1.29 is 14.7 Å². The van der Waals surface area contributed by atoms with Crippen LogP contribution in [0.5, 0.6) is 5.75 Å². The third kappa shape index (κ3) is 2.24. The van der Waals surface area contributed by atoms with E-state index >= 15 is 0 Å². The Labute approximate surface area is 92.9 Å². The molecule has 1 aromatic carbocycles. The minimum Gasteiger partial charge on any atom is -0.509 e. The van der Waals surface area contributed by atoms with Crippen molar-refractivity contribution in [1.82, 2.24) is 10.2 Å². The molecule has 1 heterocycles. The van der Waals surface area contributed by atoms with Gasteiger partial charge in [-0.25, -0.2) is 0 Å². The number of nitrogens with zero attached hydrogens (tertiary/aromatic N) is 1. The van der Waals surface area contributed by atoms with Gasteiger partial charge in [-0.1, -0.05) is 29.8 Å². The highest BCUT2D eigenvalue weighted by molar-refractivity contribution is 6.33. The summed E-state index contributed by atoms with van der Waals surface area (Å²) in [5.41, 5.74) is 2.54. The molecule has 0 saturated heterocycles. The molecule has 0 aliphatic heterocycles. The first-order valence-electron chi connectivity index (χ1n) is 4.80. The van der Waals surface area contributed by atoms with Crippen molar-refractivity contribution >= 4 is 7.32 Å². The lowest BCUT2D eigenvalue weighted by Gasteiger charge is -2.04. The molecule has 0 atom stereocenters. The van der Waals surface area contributed by atoms with Gasteiger partial charge in [-0.05, 0) is 6.92 Å². The normalized spacial score (nSPS) is 10.2. The summed E-state index contributed by atoms with van der Waals surface area (Å²) in [7, 11) is -1.85. The van der Waals surface area contributed by atoms with Gasteiger partial charge < -0.3 is 14.7 Å². The summed E-state index contributed by atoms with van der Waals surface area (Å²) < 4.78 is 4.79. The third-order valence-electron chi connectivity index (χ3n) is 2.16. The van der Waals surface area contributed by atoms with Crippen LogP contribution in [0.25, 0.3) is 11.3 Å². The van der Waals surface area contributed by atoms with Crippen LogP contribution in [0.15, 0.2) is 30.5 Å². The van der Waals surface area contributed by atoms with E-state index in [4.69, 9.17) is 14.7 Å². The molecule has 0 aliphatic carbocycles. The SMILES string of the molecule is Cc1ccc(-c2n[nH]cc2OB(O)O)cc1. The quantitative estimate of drug-likeness (QED) is 0.663. The largest absolute Gasteiger partial charge is 0.707 e. The third-order valence-corrected chi connectivity index (χ3v) is 2.16. The maximum atomic E-state index is 8.73. The molecule has 2 rings (SSSR count). The van der Waals surface area contributed by atoms with E-state index in [0.717, 1.165) is 11.1 Å². The lowest BCUT2D eigenvalue weighted by atomic mass is 10.1. The molecule has 0 fully saturated rings. The zero-order valence-corrected chi connectivity index (χ0v) is 8.71. The van der Waals surface area contributed by atoms with E-state index in [0.29, 0.717) is 11.4 Å². The molecule has 0 unspecified atom stereocenters. The number of benzene rings is 1. The first kappa shape index (κ1) is 10.7. The van der Waals surface area contributed by atoms with Crippen LogP contribution in [0, 0.1) is 6.92 Å². The fraction of sp³-hybridized carbons (Fsp3) is 0.100. The molecule has 82 valence electrons. The average Bonchev–Trinajstić information content (AvgIpc) is 2.66. The molecule has 0 radical (unpaired) electrons. The number of H-pyrrole nitrogens is 1. The summed E-state index contributed by atoms with van der Waals surface area (Å²) in [4.78, 5) is 0. The van der Waals surface area contributed by atoms with Crippen LogP contribution in [0.4, 0.5) is 0 Å². The maximum Gasteiger partial charge on any atom is 0.707 e. The van der Waals surface area contributed by atoms with Crippen molar-refractivity contribution in [2.45, 2.75) is 6.92 Å². The molecule has 5 nitrogen and oxygen atoms in total. The van der Waals surface area contributed by atoms with E-state index in [1.807, 2.05) is 31.2 Å². The second-order valence-electron chi connectivity index (χ2n) is 3.41. The molecule has 6 heteroatoms. The van der Waals surface area contributed by atoms with Crippen LogP contribution in [-0.4, -0.2) is 27.6 Å². The van der Waals surface area contributed by atoms with Gasteiger partial charge in [0.1, 0.15) is 11.4 Å². The number of aromatic amines is 1. The summed E-state index contributed by atoms with van der Waals surface area (Å²) in [6.45, 7) is 1.99. The van der Waals surface area contributed by atoms with Crippen molar-refractivity contribution in [3.05, 3.63) is 36.0 Å². The first-order chi connectivity index (χ1) is 7.66. The topological polar surface area (TPSA) is 78.4 Å². The number of aryl methyl sites for hydroxylation is 1. The Kier molecular flexibility index (Phi) is 2.94. The summed E-state index contributed by atoms with van der Waals surface area (Å²) in [5, 5.41) is 24.1. The summed E-state index contributed by atoms with van der Waals surface area (Å²) in [5.74, 6) is 0.304. The number of hydrogen-bond acceptors (Lipinski definition) is 4. The lowest BCUT2D eigenvalue weighted by molar-refractivity contribution is 0.288. The van der Waals surface area contributed by atoms with E-state index in [9.17, 15) is 0 Å². The zero-order valence-electron chi connectivity index (χ0n) is 8.71. The van der Waals surface area contributed by atoms with Gasteiger partial charge in [-0.15, -0.1) is 0 Å². The van der Waals surface area contributed by atoms with Crippen molar-refractivity contribution in [3.8, 4) is 17.0 Å². The molecule has 0 aliphatic rings. The van der Waals surface area contributed by atoms with Crippen LogP contribution in [0.3, 0.4) is 0 Å². The van der Waals surface area contributed by atoms with Crippen LogP contribution in [0.2, 0.25) is 0 Å². The first-order valence-corrected chi connectivity index (χ1v) is 4.80. The predicted molar refractivity (Wildman–Crippen MR) is 59.6 cm³/mol. The van der Waals surface area contributed by atoms with Gasteiger partial charge in [0.2, 0.25) is 0 Å².